The van der Waals surface area contributed by atoms with E-state index in [1.54, 1.807) is 0 Å². The van der Waals surface area contributed by atoms with Gasteiger partial charge in [-0.25, -0.2) is 9.97 Å². The van der Waals surface area contributed by atoms with E-state index < -0.39 is 0 Å². The second-order valence-corrected chi connectivity index (χ2v) is 4.66. The third-order valence-corrected chi connectivity index (χ3v) is 3.14. The van der Waals surface area contributed by atoms with Gasteiger partial charge in [0, 0.05) is 13.5 Å². The van der Waals surface area contributed by atoms with Crippen molar-refractivity contribution >= 4 is 17.0 Å². The van der Waals surface area contributed by atoms with E-state index in [4.69, 9.17) is 0 Å². The number of aromatic nitrogens is 3. The predicted molar refractivity (Wildman–Crippen MR) is 77.4 cm³/mol. The molecule has 3 rings (SSSR count). The molecule has 3 aromatic rings. The first kappa shape index (κ1) is 11.7. The average Bonchev–Trinajstić information content (AvgIpc) is 2.82. The van der Waals surface area contributed by atoms with Crippen LogP contribution >= 0.6 is 0 Å². The van der Waals surface area contributed by atoms with E-state index in [0.29, 0.717) is 0 Å². The van der Waals surface area contributed by atoms with Crippen LogP contribution in [0.5, 0.6) is 0 Å². The summed E-state index contributed by atoms with van der Waals surface area (Å²) >= 11 is 0. The highest BCUT2D eigenvalue weighted by Crippen LogP contribution is 2.15. The van der Waals surface area contributed by atoms with E-state index in [1.165, 1.54) is 11.1 Å². The second-order valence-electron chi connectivity index (χ2n) is 4.66. The van der Waals surface area contributed by atoms with E-state index in [-0.39, 0.29) is 0 Å². The average molecular weight is 252 g/mol. The van der Waals surface area contributed by atoms with Crippen LogP contribution in [0.1, 0.15) is 17.0 Å². The van der Waals surface area contributed by atoms with Crippen LogP contribution in [0.15, 0.2) is 36.4 Å². The SMILES string of the molecule is CNc1ccc2[nH]c(Cc3ccc(C)cc3)nc2n1. The van der Waals surface area contributed by atoms with Crippen LogP contribution < -0.4 is 5.32 Å². The molecule has 0 saturated heterocycles. The molecule has 0 aliphatic heterocycles. The van der Waals surface area contributed by atoms with Gasteiger partial charge in [0.25, 0.3) is 0 Å². The Balaban J connectivity index is 1.90. The molecule has 1 aromatic carbocycles. The summed E-state index contributed by atoms with van der Waals surface area (Å²) < 4.78 is 0. The van der Waals surface area contributed by atoms with E-state index in [2.05, 4.69) is 51.5 Å². The largest absolute Gasteiger partial charge is 0.373 e. The number of nitrogens with zero attached hydrogens (tertiary/aromatic N) is 2. The summed E-state index contributed by atoms with van der Waals surface area (Å²) in [6.45, 7) is 2.09. The Morgan fingerprint density at radius 3 is 2.58 bits per heavy atom. The van der Waals surface area contributed by atoms with Crippen molar-refractivity contribution in [2.75, 3.05) is 12.4 Å². The Morgan fingerprint density at radius 2 is 1.84 bits per heavy atom. The van der Waals surface area contributed by atoms with E-state index in [1.807, 2.05) is 19.2 Å². The third-order valence-electron chi connectivity index (χ3n) is 3.14. The lowest BCUT2D eigenvalue weighted by Crippen LogP contribution is -1.91. The molecule has 2 heterocycles. The van der Waals surface area contributed by atoms with Gasteiger partial charge < -0.3 is 10.3 Å². The number of anilines is 1. The summed E-state index contributed by atoms with van der Waals surface area (Å²) in [6, 6.07) is 12.4. The Labute approximate surface area is 111 Å². The van der Waals surface area contributed by atoms with Gasteiger partial charge in [-0.3, -0.25) is 0 Å². The number of aromatic amines is 1. The van der Waals surface area contributed by atoms with Crippen molar-refractivity contribution in [1.29, 1.82) is 0 Å². The Hall–Kier alpha value is -2.36. The lowest BCUT2D eigenvalue weighted by Gasteiger charge is -1.98. The van der Waals surface area contributed by atoms with Crippen LogP contribution in [0.2, 0.25) is 0 Å². The summed E-state index contributed by atoms with van der Waals surface area (Å²) in [5.74, 6) is 1.78. The highest BCUT2D eigenvalue weighted by Gasteiger charge is 2.05. The van der Waals surface area contributed by atoms with Gasteiger partial charge >= 0.3 is 0 Å². The van der Waals surface area contributed by atoms with E-state index >= 15 is 0 Å². The summed E-state index contributed by atoms with van der Waals surface area (Å²) in [5, 5.41) is 3.02. The number of H-pyrrole nitrogens is 1. The van der Waals surface area contributed by atoms with Crippen LogP contribution in [-0.2, 0) is 6.42 Å². The lowest BCUT2D eigenvalue weighted by molar-refractivity contribution is 1.03. The summed E-state index contributed by atoms with van der Waals surface area (Å²) in [6.07, 6.45) is 0.797. The fourth-order valence-corrected chi connectivity index (χ4v) is 2.06. The van der Waals surface area contributed by atoms with Crippen LogP contribution in [0, 0.1) is 6.92 Å². The van der Waals surface area contributed by atoms with Gasteiger partial charge in [-0.15, -0.1) is 0 Å². The van der Waals surface area contributed by atoms with Crippen molar-refractivity contribution < 1.29 is 0 Å². The minimum absolute atomic E-state index is 0.758. The zero-order valence-corrected chi connectivity index (χ0v) is 11.1. The number of benzene rings is 1. The maximum atomic E-state index is 4.53. The topological polar surface area (TPSA) is 53.6 Å². The number of hydrogen-bond acceptors (Lipinski definition) is 3. The number of rotatable bonds is 3. The third kappa shape index (κ3) is 2.42. The molecular formula is C15H16N4. The molecule has 0 fully saturated rings. The molecule has 0 unspecified atom stereocenters. The predicted octanol–water partition coefficient (Wildman–Crippen LogP) is 2.90. The zero-order chi connectivity index (χ0) is 13.2. The van der Waals surface area contributed by atoms with E-state index in [9.17, 15) is 0 Å². The van der Waals surface area contributed by atoms with Gasteiger partial charge in [0.2, 0.25) is 0 Å². The number of hydrogen-bond donors (Lipinski definition) is 2. The monoisotopic (exact) mass is 252 g/mol. The molecule has 19 heavy (non-hydrogen) atoms. The number of aryl methyl sites for hydroxylation is 1. The number of pyridine rings is 1. The molecule has 0 saturated carbocycles. The van der Waals surface area contributed by atoms with Crippen molar-refractivity contribution in [3.8, 4) is 0 Å². The molecule has 4 nitrogen and oxygen atoms in total. The van der Waals surface area contributed by atoms with Gasteiger partial charge in [-0.05, 0) is 24.6 Å². The standard InChI is InChI=1S/C15H16N4/c1-10-3-5-11(6-4-10)9-14-17-12-7-8-13(16-2)18-15(12)19-14/h3-8H,9H2,1-2H3,(H2,16,17,18,19). The molecule has 0 aliphatic rings. The Morgan fingerprint density at radius 1 is 1.05 bits per heavy atom. The fraction of sp³-hybridized carbons (Fsp3) is 0.200. The molecular weight excluding hydrogens is 236 g/mol. The van der Waals surface area contributed by atoms with Gasteiger partial charge in [-0.2, -0.15) is 0 Å². The minimum Gasteiger partial charge on any atom is -0.373 e. The molecule has 2 aromatic heterocycles. The van der Waals surface area contributed by atoms with Crippen LogP contribution in [0.25, 0.3) is 11.2 Å². The first-order valence-electron chi connectivity index (χ1n) is 6.33. The minimum atomic E-state index is 0.758. The summed E-state index contributed by atoms with van der Waals surface area (Å²) in [7, 11) is 1.86. The molecule has 0 radical (unpaired) electrons. The highest BCUT2D eigenvalue weighted by molar-refractivity contribution is 5.72. The van der Waals surface area contributed by atoms with Gasteiger partial charge in [-0.1, -0.05) is 29.8 Å². The summed E-state index contributed by atoms with van der Waals surface area (Å²) in [4.78, 5) is 12.3. The zero-order valence-electron chi connectivity index (χ0n) is 11.1. The molecule has 0 atom stereocenters. The molecule has 4 heteroatoms. The van der Waals surface area contributed by atoms with Crippen molar-refractivity contribution in [2.24, 2.45) is 0 Å². The lowest BCUT2D eigenvalue weighted by atomic mass is 10.1. The van der Waals surface area contributed by atoms with E-state index in [0.717, 1.165) is 29.2 Å². The number of imidazole rings is 1. The van der Waals surface area contributed by atoms with Crippen LogP contribution in [-0.4, -0.2) is 22.0 Å². The fourth-order valence-electron chi connectivity index (χ4n) is 2.06. The maximum Gasteiger partial charge on any atom is 0.179 e. The van der Waals surface area contributed by atoms with Crippen LogP contribution in [0.4, 0.5) is 5.82 Å². The van der Waals surface area contributed by atoms with Crippen molar-refractivity contribution in [3.05, 3.63) is 53.3 Å². The molecule has 96 valence electrons. The van der Waals surface area contributed by atoms with Crippen molar-refractivity contribution in [3.63, 3.8) is 0 Å². The first-order valence-corrected chi connectivity index (χ1v) is 6.33. The quantitative estimate of drug-likeness (QED) is 0.753. The Bertz CT molecular complexity index is 698. The smallest absolute Gasteiger partial charge is 0.179 e. The highest BCUT2D eigenvalue weighted by atomic mass is 15.0. The van der Waals surface area contributed by atoms with Crippen LogP contribution in [0.3, 0.4) is 0 Å². The molecule has 0 bridgehead atoms. The van der Waals surface area contributed by atoms with Crippen molar-refractivity contribution in [2.45, 2.75) is 13.3 Å². The maximum absolute atomic E-state index is 4.53. The number of fused-ring (bicyclic) bond motifs is 1. The molecule has 0 amide bonds. The first-order chi connectivity index (χ1) is 9.24. The van der Waals surface area contributed by atoms with Gasteiger partial charge in [0.1, 0.15) is 11.6 Å². The second kappa shape index (κ2) is 4.72. The van der Waals surface area contributed by atoms with Crippen molar-refractivity contribution in [1.82, 2.24) is 15.0 Å². The van der Waals surface area contributed by atoms with Gasteiger partial charge in [0.05, 0.1) is 5.52 Å². The van der Waals surface area contributed by atoms with Gasteiger partial charge in [0.15, 0.2) is 5.65 Å². The summed E-state index contributed by atoms with van der Waals surface area (Å²) in [5.41, 5.74) is 4.25. The molecule has 0 aliphatic carbocycles. The normalized spacial score (nSPS) is 10.8. The number of nitrogens with one attached hydrogen (secondary N) is 2. The molecule has 2 N–H and O–H groups in total. The Kier molecular flexibility index (Phi) is 2.91. The molecule has 0 spiro atoms.